The Morgan fingerprint density at radius 1 is 1.20 bits per heavy atom. The SMILES string of the molecule is CN(C)CCCNCc1ccc(N)cc1. The zero-order valence-corrected chi connectivity index (χ0v) is 9.66. The first-order valence-electron chi connectivity index (χ1n) is 5.38. The van der Waals surface area contributed by atoms with Crippen molar-refractivity contribution in [2.45, 2.75) is 13.0 Å². The second-order valence-corrected chi connectivity index (χ2v) is 4.08. The number of hydrogen-bond acceptors (Lipinski definition) is 3. The lowest BCUT2D eigenvalue weighted by atomic mass is 10.2. The lowest BCUT2D eigenvalue weighted by molar-refractivity contribution is 0.394. The fraction of sp³-hybridized carbons (Fsp3) is 0.500. The zero-order valence-electron chi connectivity index (χ0n) is 9.66. The predicted molar refractivity (Wildman–Crippen MR) is 65.7 cm³/mol. The van der Waals surface area contributed by atoms with Crippen LogP contribution in [0.15, 0.2) is 24.3 Å². The normalized spacial score (nSPS) is 10.9. The number of nitrogen functional groups attached to an aromatic ring is 1. The molecule has 0 amide bonds. The number of nitrogens with one attached hydrogen (secondary N) is 1. The molecule has 0 aromatic heterocycles. The van der Waals surface area contributed by atoms with E-state index in [9.17, 15) is 0 Å². The third-order valence-electron chi connectivity index (χ3n) is 2.27. The Hall–Kier alpha value is -1.06. The molecule has 0 aliphatic carbocycles. The molecule has 0 aliphatic heterocycles. The molecule has 1 aromatic carbocycles. The Balaban J connectivity index is 2.12. The molecule has 0 fully saturated rings. The largest absolute Gasteiger partial charge is 0.399 e. The van der Waals surface area contributed by atoms with Crippen LogP contribution in [0.4, 0.5) is 5.69 Å². The second kappa shape index (κ2) is 6.43. The molecule has 0 radical (unpaired) electrons. The van der Waals surface area contributed by atoms with Gasteiger partial charge in [-0.05, 0) is 51.3 Å². The van der Waals surface area contributed by atoms with Gasteiger partial charge in [0, 0.05) is 12.2 Å². The molecule has 0 bridgehead atoms. The van der Waals surface area contributed by atoms with Crippen LogP contribution in [-0.4, -0.2) is 32.1 Å². The van der Waals surface area contributed by atoms with Crippen LogP contribution in [-0.2, 0) is 6.54 Å². The van der Waals surface area contributed by atoms with Gasteiger partial charge in [0.2, 0.25) is 0 Å². The van der Waals surface area contributed by atoms with Crippen LogP contribution >= 0.6 is 0 Å². The maximum atomic E-state index is 5.61. The van der Waals surface area contributed by atoms with Crippen molar-refractivity contribution < 1.29 is 0 Å². The molecule has 0 saturated heterocycles. The quantitative estimate of drug-likeness (QED) is 0.546. The maximum absolute atomic E-state index is 5.61. The van der Waals surface area contributed by atoms with E-state index in [2.05, 4.69) is 36.4 Å². The van der Waals surface area contributed by atoms with Crippen LogP contribution < -0.4 is 11.1 Å². The summed E-state index contributed by atoms with van der Waals surface area (Å²) in [6.45, 7) is 3.12. The van der Waals surface area contributed by atoms with Gasteiger partial charge in [-0.1, -0.05) is 12.1 Å². The highest BCUT2D eigenvalue weighted by atomic mass is 15.0. The summed E-state index contributed by atoms with van der Waals surface area (Å²) in [5.41, 5.74) is 7.72. The van der Waals surface area contributed by atoms with Crippen LogP contribution in [0, 0.1) is 0 Å². The van der Waals surface area contributed by atoms with E-state index in [1.165, 1.54) is 12.0 Å². The van der Waals surface area contributed by atoms with E-state index >= 15 is 0 Å². The van der Waals surface area contributed by atoms with Gasteiger partial charge in [-0.2, -0.15) is 0 Å². The first-order chi connectivity index (χ1) is 7.18. The number of hydrogen-bond donors (Lipinski definition) is 2. The van der Waals surface area contributed by atoms with E-state index in [0.717, 1.165) is 25.3 Å². The summed E-state index contributed by atoms with van der Waals surface area (Å²) in [4.78, 5) is 2.20. The Morgan fingerprint density at radius 2 is 1.87 bits per heavy atom. The van der Waals surface area contributed by atoms with Crippen LogP contribution in [0.25, 0.3) is 0 Å². The maximum Gasteiger partial charge on any atom is 0.0314 e. The highest BCUT2D eigenvalue weighted by molar-refractivity contribution is 5.39. The molecule has 15 heavy (non-hydrogen) atoms. The summed E-state index contributed by atoms with van der Waals surface area (Å²) in [7, 11) is 4.19. The molecule has 0 aliphatic rings. The van der Waals surface area contributed by atoms with Gasteiger partial charge >= 0.3 is 0 Å². The molecule has 84 valence electrons. The van der Waals surface area contributed by atoms with Crippen molar-refractivity contribution in [2.75, 3.05) is 32.9 Å². The van der Waals surface area contributed by atoms with Crippen molar-refractivity contribution in [3.8, 4) is 0 Å². The van der Waals surface area contributed by atoms with Gasteiger partial charge in [-0.25, -0.2) is 0 Å². The van der Waals surface area contributed by atoms with Crippen molar-refractivity contribution in [1.29, 1.82) is 0 Å². The summed E-state index contributed by atoms with van der Waals surface area (Å²) < 4.78 is 0. The summed E-state index contributed by atoms with van der Waals surface area (Å²) in [5.74, 6) is 0. The summed E-state index contributed by atoms with van der Waals surface area (Å²) in [5, 5.41) is 3.41. The molecular formula is C12H21N3. The molecule has 0 saturated carbocycles. The molecule has 1 rings (SSSR count). The Kier molecular flexibility index (Phi) is 5.15. The van der Waals surface area contributed by atoms with Crippen molar-refractivity contribution in [1.82, 2.24) is 10.2 Å². The van der Waals surface area contributed by atoms with Gasteiger partial charge in [-0.3, -0.25) is 0 Å². The molecule has 0 heterocycles. The minimum Gasteiger partial charge on any atom is -0.399 e. The van der Waals surface area contributed by atoms with Crippen molar-refractivity contribution in [2.24, 2.45) is 0 Å². The van der Waals surface area contributed by atoms with E-state index < -0.39 is 0 Å². The van der Waals surface area contributed by atoms with E-state index in [-0.39, 0.29) is 0 Å². The van der Waals surface area contributed by atoms with Crippen molar-refractivity contribution in [3.63, 3.8) is 0 Å². The first-order valence-corrected chi connectivity index (χ1v) is 5.38. The first kappa shape index (κ1) is 12.0. The third-order valence-corrected chi connectivity index (χ3v) is 2.27. The highest BCUT2D eigenvalue weighted by Gasteiger charge is 1.93. The molecule has 3 heteroatoms. The smallest absolute Gasteiger partial charge is 0.0314 e. The summed E-state index contributed by atoms with van der Waals surface area (Å²) in [6, 6.07) is 8.01. The van der Waals surface area contributed by atoms with Crippen molar-refractivity contribution >= 4 is 5.69 Å². The van der Waals surface area contributed by atoms with Crippen LogP contribution in [0.5, 0.6) is 0 Å². The predicted octanol–water partition coefficient (Wildman–Crippen LogP) is 1.31. The van der Waals surface area contributed by atoms with E-state index in [1.807, 2.05) is 12.1 Å². The van der Waals surface area contributed by atoms with Crippen LogP contribution in [0.2, 0.25) is 0 Å². The number of rotatable bonds is 6. The fourth-order valence-corrected chi connectivity index (χ4v) is 1.39. The monoisotopic (exact) mass is 207 g/mol. The average molecular weight is 207 g/mol. The van der Waals surface area contributed by atoms with Gasteiger partial charge in [0.1, 0.15) is 0 Å². The summed E-state index contributed by atoms with van der Waals surface area (Å²) >= 11 is 0. The molecule has 3 nitrogen and oxygen atoms in total. The van der Waals surface area contributed by atoms with Gasteiger partial charge in [0.25, 0.3) is 0 Å². The Morgan fingerprint density at radius 3 is 2.47 bits per heavy atom. The lowest BCUT2D eigenvalue weighted by Crippen LogP contribution is -2.20. The highest BCUT2D eigenvalue weighted by Crippen LogP contribution is 2.04. The summed E-state index contributed by atoms with van der Waals surface area (Å²) in [6.07, 6.45) is 1.18. The minimum atomic E-state index is 0.825. The molecule has 1 aromatic rings. The number of nitrogens with two attached hydrogens (primary N) is 1. The lowest BCUT2D eigenvalue weighted by Gasteiger charge is -2.09. The molecule has 0 spiro atoms. The van der Waals surface area contributed by atoms with Gasteiger partial charge < -0.3 is 16.0 Å². The molecule has 0 atom stereocenters. The third kappa shape index (κ3) is 5.40. The Labute approximate surface area is 92.3 Å². The standard InChI is InChI=1S/C12H21N3/c1-15(2)9-3-8-14-10-11-4-6-12(13)7-5-11/h4-7,14H,3,8-10,13H2,1-2H3. The molecular weight excluding hydrogens is 186 g/mol. The molecule has 3 N–H and O–H groups in total. The van der Waals surface area contributed by atoms with E-state index in [0.29, 0.717) is 0 Å². The van der Waals surface area contributed by atoms with E-state index in [1.54, 1.807) is 0 Å². The molecule has 0 unspecified atom stereocenters. The Bertz CT molecular complexity index is 267. The van der Waals surface area contributed by atoms with Gasteiger partial charge in [0.05, 0.1) is 0 Å². The topological polar surface area (TPSA) is 41.3 Å². The van der Waals surface area contributed by atoms with E-state index in [4.69, 9.17) is 5.73 Å². The number of anilines is 1. The average Bonchev–Trinajstić information content (AvgIpc) is 2.20. The van der Waals surface area contributed by atoms with Gasteiger partial charge in [-0.15, -0.1) is 0 Å². The zero-order chi connectivity index (χ0) is 11.1. The van der Waals surface area contributed by atoms with Crippen LogP contribution in [0.3, 0.4) is 0 Å². The minimum absolute atomic E-state index is 0.825. The van der Waals surface area contributed by atoms with Gasteiger partial charge in [0.15, 0.2) is 0 Å². The van der Waals surface area contributed by atoms with Crippen LogP contribution in [0.1, 0.15) is 12.0 Å². The number of nitrogens with zero attached hydrogens (tertiary/aromatic N) is 1. The van der Waals surface area contributed by atoms with Crippen molar-refractivity contribution in [3.05, 3.63) is 29.8 Å². The number of benzene rings is 1. The fourth-order valence-electron chi connectivity index (χ4n) is 1.39. The second-order valence-electron chi connectivity index (χ2n) is 4.08.